The topological polar surface area (TPSA) is 138 Å². The minimum atomic E-state index is -4.82. The number of anilines is 2. The molecule has 0 radical (unpaired) electrons. The molecule has 29 heavy (non-hydrogen) atoms. The average molecular weight is 409 g/mol. The molecule has 2 rings (SSSR count). The lowest BCUT2D eigenvalue weighted by molar-refractivity contribution is -0.274. The number of hydrogen-bond acceptors (Lipinski definition) is 8. The molecule has 154 valence electrons. The lowest BCUT2D eigenvalue weighted by Gasteiger charge is -2.14. The van der Waals surface area contributed by atoms with E-state index in [1.165, 1.54) is 24.4 Å². The summed E-state index contributed by atoms with van der Waals surface area (Å²) in [6.07, 6.45) is -3.59. The Hall–Kier alpha value is -3.59. The van der Waals surface area contributed by atoms with E-state index in [2.05, 4.69) is 30.7 Å². The van der Waals surface area contributed by atoms with Crippen LogP contribution in [0.15, 0.2) is 30.5 Å². The number of nitrogens with one attached hydrogen (secondary N) is 3. The second kappa shape index (κ2) is 10.1. The first kappa shape index (κ1) is 21.7. The summed E-state index contributed by atoms with van der Waals surface area (Å²) >= 11 is 0. The molecule has 2 aromatic rings. The van der Waals surface area contributed by atoms with Gasteiger partial charge in [0.05, 0.1) is 12.7 Å². The molecule has 0 unspecified atom stereocenters. The predicted octanol–water partition coefficient (Wildman–Crippen LogP) is 1.35. The van der Waals surface area contributed by atoms with Crippen molar-refractivity contribution in [2.75, 3.05) is 30.3 Å². The fourth-order valence-electron chi connectivity index (χ4n) is 2.17. The van der Waals surface area contributed by atoms with E-state index in [0.29, 0.717) is 6.54 Å². The number of nitriles is 1. The van der Waals surface area contributed by atoms with Gasteiger partial charge in [0.1, 0.15) is 23.2 Å². The third-order valence-electron chi connectivity index (χ3n) is 3.43. The highest BCUT2D eigenvalue weighted by molar-refractivity contribution is 5.80. The minimum absolute atomic E-state index is 0.0516. The van der Waals surface area contributed by atoms with Crippen molar-refractivity contribution in [2.45, 2.75) is 12.9 Å². The highest BCUT2D eigenvalue weighted by Crippen LogP contribution is 2.26. The predicted molar refractivity (Wildman–Crippen MR) is 97.8 cm³/mol. The Kier molecular flexibility index (Phi) is 7.55. The van der Waals surface area contributed by atoms with E-state index in [1.807, 2.05) is 6.07 Å². The smallest absolute Gasteiger partial charge is 0.405 e. The number of amides is 1. The Morgan fingerprint density at radius 2 is 2.03 bits per heavy atom. The van der Waals surface area contributed by atoms with E-state index in [4.69, 9.17) is 11.0 Å². The summed E-state index contributed by atoms with van der Waals surface area (Å²) in [5, 5.41) is 17.2. The zero-order chi connectivity index (χ0) is 21.3. The Labute approximate surface area is 164 Å². The molecule has 0 fully saturated rings. The third kappa shape index (κ3) is 7.15. The Balaban J connectivity index is 2.07. The third-order valence-corrected chi connectivity index (χ3v) is 3.43. The molecule has 0 atom stereocenters. The lowest BCUT2D eigenvalue weighted by atomic mass is 10.2. The molecule has 1 aromatic heterocycles. The first-order valence-electron chi connectivity index (χ1n) is 8.37. The van der Waals surface area contributed by atoms with Crippen molar-refractivity contribution < 1.29 is 22.7 Å². The average Bonchev–Trinajstić information content (AvgIpc) is 2.69. The molecule has 0 aliphatic heterocycles. The number of nitrogens with zero attached hydrogens (tertiary/aromatic N) is 3. The first-order valence-corrected chi connectivity index (χ1v) is 8.37. The van der Waals surface area contributed by atoms with Crippen LogP contribution in [-0.4, -0.2) is 41.9 Å². The van der Waals surface area contributed by atoms with Gasteiger partial charge in [-0.25, -0.2) is 4.98 Å². The summed E-state index contributed by atoms with van der Waals surface area (Å²) in [6.45, 7) is 0.389. The molecule has 0 saturated heterocycles. The number of carbonyl (C=O) groups excluding carboxylic acids is 1. The van der Waals surface area contributed by atoms with Crippen molar-refractivity contribution in [3.05, 3.63) is 41.6 Å². The summed E-state index contributed by atoms with van der Waals surface area (Å²) in [7, 11) is 0. The van der Waals surface area contributed by atoms with Crippen LogP contribution in [0.5, 0.6) is 5.75 Å². The van der Waals surface area contributed by atoms with Crippen LogP contribution in [0.3, 0.4) is 0 Å². The number of rotatable bonds is 9. The SMILES string of the molecule is N#Cc1cnc(NCc2ccccc2OC(F)(F)F)nc1NCC(=O)NCCN. The molecule has 0 aliphatic rings. The molecule has 0 saturated carbocycles. The van der Waals surface area contributed by atoms with Crippen LogP contribution in [-0.2, 0) is 11.3 Å². The van der Waals surface area contributed by atoms with E-state index in [-0.39, 0.29) is 54.2 Å². The second-order valence-corrected chi connectivity index (χ2v) is 5.57. The molecular formula is C17H18F3N7O2. The van der Waals surface area contributed by atoms with Crippen LogP contribution in [0, 0.1) is 11.3 Å². The van der Waals surface area contributed by atoms with Crippen molar-refractivity contribution in [3.63, 3.8) is 0 Å². The van der Waals surface area contributed by atoms with Gasteiger partial charge in [-0.1, -0.05) is 18.2 Å². The number of hydrogen-bond donors (Lipinski definition) is 4. The van der Waals surface area contributed by atoms with Crippen molar-refractivity contribution in [2.24, 2.45) is 5.73 Å². The van der Waals surface area contributed by atoms with E-state index in [1.54, 1.807) is 6.07 Å². The van der Waals surface area contributed by atoms with E-state index in [0.717, 1.165) is 0 Å². The largest absolute Gasteiger partial charge is 0.573 e. The monoisotopic (exact) mass is 409 g/mol. The van der Waals surface area contributed by atoms with Crippen LogP contribution >= 0.6 is 0 Å². The van der Waals surface area contributed by atoms with Gasteiger partial charge in [0.25, 0.3) is 0 Å². The number of ether oxygens (including phenoxy) is 1. The molecule has 1 heterocycles. The Morgan fingerprint density at radius 3 is 2.72 bits per heavy atom. The summed E-state index contributed by atoms with van der Waals surface area (Å²) in [6, 6.07) is 7.51. The maximum Gasteiger partial charge on any atom is 0.573 e. The maximum absolute atomic E-state index is 12.5. The Morgan fingerprint density at radius 1 is 1.28 bits per heavy atom. The van der Waals surface area contributed by atoms with Gasteiger partial charge in [-0.2, -0.15) is 10.2 Å². The normalized spacial score (nSPS) is 10.7. The van der Waals surface area contributed by atoms with Gasteiger partial charge < -0.3 is 26.4 Å². The number of carbonyl (C=O) groups is 1. The van der Waals surface area contributed by atoms with Gasteiger partial charge in [-0.15, -0.1) is 13.2 Å². The van der Waals surface area contributed by atoms with Crippen molar-refractivity contribution >= 4 is 17.7 Å². The van der Waals surface area contributed by atoms with Crippen LogP contribution in [0.1, 0.15) is 11.1 Å². The van der Waals surface area contributed by atoms with Crippen molar-refractivity contribution in [3.8, 4) is 11.8 Å². The van der Waals surface area contributed by atoms with Gasteiger partial charge in [0.15, 0.2) is 0 Å². The summed E-state index contributed by atoms with van der Waals surface area (Å²) in [4.78, 5) is 19.7. The van der Waals surface area contributed by atoms with Gasteiger partial charge in [0.2, 0.25) is 11.9 Å². The lowest BCUT2D eigenvalue weighted by Crippen LogP contribution is -2.33. The molecule has 1 aromatic carbocycles. The number of para-hydroxylation sites is 1. The summed E-state index contributed by atoms with van der Waals surface area (Å²) < 4.78 is 41.5. The van der Waals surface area contributed by atoms with Gasteiger partial charge >= 0.3 is 6.36 Å². The molecule has 0 spiro atoms. The zero-order valence-electron chi connectivity index (χ0n) is 15.1. The Bertz CT molecular complexity index is 884. The van der Waals surface area contributed by atoms with Crippen LogP contribution in [0.4, 0.5) is 24.9 Å². The minimum Gasteiger partial charge on any atom is -0.405 e. The molecule has 1 amide bonds. The fraction of sp³-hybridized carbons (Fsp3) is 0.294. The second-order valence-electron chi connectivity index (χ2n) is 5.57. The quantitative estimate of drug-likeness (QED) is 0.487. The molecule has 0 bridgehead atoms. The van der Waals surface area contributed by atoms with Crippen LogP contribution in [0.25, 0.3) is 0 Å². The molecule has 12 heteroatoms. The van der Waals surface area contributed by atoms with Gasteiger partial charge in [0, 0.05) is 25.2 Å². The number of benzene rings is 1. The highest BCUT2D eigenvalue weighted by atomic mass is 19.4. The van der Waals surface area contributed by atoms with Crippen molar-refractivity contribution in [1.29, 1.82) is 5.26 Å². The molecular weight excluding hydrogens is 391 g/mol. The zero-order valence-corrected chi connectivity index (χ0v) is 15.1. The van der Waals surface area contributed by atoms with Crippen LogP contribution in [0.2, 0.25) is 0 Å². The van der Waals surface area contributed by atoms with E-state index in [9.17, 15) is 18.0 Å². The molecule has 0 aliphatic carbocycles. The maximum atomic E-state index is 12.5. The fourth-order valence-corrected chi connectivity index (χ4v) is 2.17. The number of nitrogens with two attached hydrogens (primary N) is 1. The van der Waals surface area contributed by atoms with Crippen LogP contribution < -0.4 is 26.4 Å². The molecule has 5 N–H and O–H groups in total. The number of aromatic nitrogens is 2. The summed E-state index contributed by atoms with van der Waals surface area (Å²) in [5.41, 5.74) is 5.63. The molecule has 9 nitrogen and oxygen atoms in total. The standard InChI is InChI=1S/C17H18F3N7O2/c18-17(19,20)29-13-4-2-1-3-11(13)8-25-16-26-9-12(7-22)15(27-16)24-10-14(28)23-6-5-21/h1-4,9H,5-6,8,10,21H2,(H,23,28)(H2,24,25,26,27). The number of halogens is 3. The van der Waals surface area contributed by atoms with E-state index < -0.39 is 6.36 Å². The highest BCUT2D eigenvalue weighted by Gasteiger charge is 2.31. The van der Waals surface area contributed by atoms with E-state index >= 15 is 0 Å². The number of alkyl halides is 3. The van der Waals surface area contributed by atoms with Gasteiger partial charge in [-0.3, -0.25) is 4.79 Å². The van der Waals surface area contributed by atoms with Gasteiger partial charge in [-0.05, 0) is 6.07 Å². The first-order chi connectivity index (χ1) is 13.8. The summed E-state index contributed by atoms with van der Waals surface area (Å²) in [5.74, 6) is -0.537. The van der Waals surface area contributed by atoms with Crippen molar-refractivity contribution in [1.82, 2.24) is 15.3 Å².